The van der Waals surface area contributed by atoms with Crippen LogP contribution in [-0.4, -0.2) is 96.7 Å². The van der Waals surface area contributed by atoms with Gasteiger partial charge in [0.25, 0.3) is 0 Å². The van der Waals surface area contributed by atoms with Gasteiger partial charge in [-0.15, -0.1) is 0 Å². The van der Waals surface area contributed by atoms with Crippen molar-refractivity contribution in [3.05, 3.63) is 0 Å². The number of carbonyl (C=O) groups excluding carboxylic acids is 4. The van der Waals surface area contributed by atoms with E-state index in [1.165, 1.54) is 231 Å². The lowest BCUT2D eigenvalue weighted by atomic mass is 10.0. The van der Waals surface area contributed by atoms with Gasteiger partial charge in [-0.1, -0.05) is 369 Å². The molecule has 0 aliphatic rings. The number of aliphatic hydroxyl groups is 1. The van der Waals surface area contributed by atoms with E-state index in [-0.39, 0.29) is 25.7 Å². The van der Waals surface area contributed by atoms with Crippen molar-refractivity contribution in [2.75, 3.05) is 39.6 Å². The van der Waals surface area contributed by atoms with Crippen LogP contribution in [0.25, 0.3) is 0 Å². The van der Waals surface area contributed by atoms with Gasteiger partial charge in [0.15, 0.2) is 12.2 Å². The molecule has 582 valence electrons. The van der Waals surface area contributed by atoms with Gasteiger partial charge in [-0.3, -0.25) is 37.3 Å². The Kier molecular flexibility index (Phi) is 70.6. The third kappa shape index (κ3) is 72.4. The highest BCUT2D eigenvalue weighted by Crippen LogP contribution is 2.45. The lowest BCUT2D eigenvalue weighted by molar-refractivity contribution is -0.161. The van der Waals surface area contributed by atoms with Gasteiger partial charge in [0, 0.05) is 25.7 Å². The number of ether oxygens (including phenoxy) is 4. The zero-order valence-corrected chi connectivity index (χ0v) is 65.7. The summed E-state index contributed by atoms with van der Waals surface area (Å²) in [5.74, 6) is -1.30. The van der Waals surface area contributed by atoms with E-state index in [1.54, 1.807) is 0 Å². The fourth-order valence-electron chi connectivity index (χ4n) is 12.2. The molecule has 0 rings (SSSR count). The summed E-state index contributed by atoms with van der Waals surface area (Å²) in [6, 6.07) is 0. The highest BCUT2D eigenvalue weighted by atomic mass is 31.2. The quantitative estimate of drug-likeness (QED) is 0.0222. The smallest absolute Gasteiger partial charge is 0.462 e. The van der Waals surface area contributed by atoms with Gasteiger partial charge in [0.05, 0.1) is 26.4 Å². The van der Waals surface area contributed by atoms with Gasteiger partial charge >= 0.3 is 39.5 Å². The number of phosphoric acid groups is 2. The van der Waals surface area contributed by atoms with Crippen molar-refractivity contribution in [3.63, 3.8) is 0 Å². The molecule has 0 amide bonds. The highest BCUT2D eigenvalue weighted by molar-refractivity contribution is 7.47. The maximum atomic E-state index is 13.1. The predicted octanol–water partition coefficient (Wildman–Crippen LogP) is 23.6. The summed E-state index contributed by atoms with van der Waals surface area (Å²) in [5, 5.41) is 10.6. The van der Waals surface area contributed by atoms with Crippen molar-refractivity contribution in [3.8, 4) is 0 Å². The Balaban J connectivity index is 5.13. The SMILES string of the molecule is CCCCCCCCCCCCCCCCCCCCCCCCC(=O)O[C@H](COC(=O)CCCCCCCCCCCCCCCCCCC(C)C)COP(=O)(O)OC[C@@H](O)COP(=O)(O)OC[C@@H](COC(=O)CCCCCCCCC)OC(=O)CCCCCCCCCCCC. The molecule has 0 aromatic carbocycles. The molecule has 3 N–H and O–H groups in total. The van der Waals surface area contributed by atoms with Gasteiger partial charge < -0.3 is 33.8 Å². The predicted molar refractivity (Wildman–Crippen MR) is 400 cm³/mol. The molecule has 5 atom stereocenters. The van der Waals surface area contributed by atoms with Crippen LogP contribution in [0.3, 0.4) is 0 Å². The molecule has 0 saturated carbocycles. The number of hydrogen-bond donors (Lipinski definition) is 3. The number of aliphatic hydroxyl groups excluding tert-OH is 1. The molecule has 0 aromatic rings. The summed E-state index contributed by atoms with van der Waals surface area (Å²) < 4.78 is 68.4. The van der Waals surface area contributed by atoms with Crippen molar-refractivity contribution in [1.29, 1.82) is 0 Å². The van der Waals surface area contributed by atoms with Crippen molar-refractivity contribution >= 4 is 39.5 Å². The summed E-state index contributed by atoms with van der Waals surface area (Å²) in [4.78, 5) is 72.7. The summed E-state index contributed by atoms with van der Waals surface area (Å²) in [6.45, 7) is 7.28. The number of esters is 4. The number of unbranched alkanes of at least 4 members (excludes halogenated alkanes) is 51. The lowest BCUT2D eigenvalue weighted by Gasteiger charge is -2.21. The average Bonchev–Trinajstić information content (AvgIpc) is 1.02. The second-order valence-electron chi connectivity index (χ2n) is 28.9. The Hall–Kier alpha value is -1.94. The van der Waals surface area contributed by atoms with Crippen molar-refractivity contribution in [1.82, 2.24) is 0 Å². The molecule has 98 heavy (non-hydrogen) atoms. The topological polar surface area (TPSA) is 237 Å². The first-order chi connectivity index (χ1) is 47.5. The summed E-state index contributed by atoms with van der Waals surface area (Å²) in [6.07, 6.45) is 62.8. The molecule has 0 radical (unpaired) electrons. The molecule has 0 bridgehead atoms. The molecule has 0 aliphatic heterocycles. The molecule has 0 heterocycles. The molecule has 17 nitrogen and oxygen atoms in total. The molecular formula is C79H154O17P2. The van der Waals surface area contributed by atoms with Crippen LogP contribution in [0, 0.1) is 5.92 Å². The standard InChI is InChI=1S/C79H154O17P2/c1-6-9-12-15-18-20-22-23-24-25-26-27-28-29-30-35-38-41-45-50-55-60-65-79(84)96-75(69-90-77(82)63-58-53-48-44-40-37-34-32-31-33-36-39-42-47-51-56-61-72(4)5)71-94-98(87,88)92-67-73(80)66-91-97(85,86)93-70-74(68-89-76(81)62-57-52-46-17-14-11-8-3)95-78(83)64-59-54-49-43-21-19-16-13-10-7-2/h72-75,80H,6-71H2,1-5H3,(H,85,86)(H,87,88)/t73-,74+,75+/m0/s1. The fraction of sp³-hybridized carbons (Fsp3) is 0.949. The molecule has 0 saturated heterocycles. The van der Waals surface area contributed by atoms with E-state index < -0.39 is 97.5 Å². The minimum absolute atomic E-state index is 0.106. The monoisotopic (exact) mass is 1440 g/mol. The molecule has 2 unspecified atom stereocenters. The molecule has 0 aromatic heterocycles. The average molecular weight is 1440 g/mol. The van der Waals surface area contributed by atoms with E-state index in [1.807, 2.05) is 0 Å². The van der Waals surface area contributed by atoms with E-state index >= 15 is 0 Å². The van der Waals surface area contributed by atoms with Crippen molar-refractivity contribution in [2.45, 2.75) is 438 Å². The van der Waals surface area contributed by atoms with Gasteiger partial charge in [0.2, 0.25) is 0 Å². The molecule has 0 aliphatic carbocycles. The minimum atomic E-state index is -4.96. The lowest BCUT2D eigenvalue weighted by Crippen LogP contribution is -2.30. The first-order valence-electron chi connectivity index (χ1n) is 41.1. The van der Waals surface area contributed by atoms with Crippen molar-refractivity contribution < 1.29 is 80.2 Å². The number of rotatable bonds is 79. The Morgan fingerprint density at radius 1 is 0.276 bits per heavy atom. The maximum absolute atomic E-state index is 13.1. The maximum Gasteiger partial charge on any atom is 0.472 e. The first-order valence-corrected chi connectivity index (χ1v) is 44.1. The summed E-state index contributed by atoms with van der Waals surface area (Å²) >= 11 is 0. The van der Waals surface area contributed by atoms with E-state index in [0.29, 0.717) is 25.7 Å². The largest absolute Gasteiger partial charge is 0.472 e. The number of hydrogen-bond acceptors (Lipinski definition) is 15. The van der Waals surface area contributed by atoms with Crippen LogP contribution in [0.15, 0.2) is 0 Å². The Bertz CT molecular complexity index is 1870. The normalized spacial score (nSPS) is 13.9. The van der Waals surface area contributed by atoms with Gasteiger partial charge in [0.1, 0.15) is 19.3 Å². The van der Waals surface area contributed by atoms with Crippen LogP contribution in [0.1, 0.15) is 420 Å². The van der Waals surface area contributed by atoms with Gasteiger partial charge in [-0.2, -0.15) is 0 Å². The second kappa shape index (κ2) is 72.0. The molecule has 19 heteroatoms. The highest BCUT2D eigenvalue weighted by Gasteiger charge is 2.30. The van der Waals surface area contributed by atoms with Crippen LogP contribution >= 0.6 is 15.6 Å². The van der Waals surface area contributed by atoms with Crippen LogP contribution in [-0.2, 0) is 65.4 Å². The number of phosphoric ester groups is 2. The van der Waals surface area contributed by atoms with Crippen LogP contribution < -0.4 is 0 Å². The first kappa shape index (κ1) is 96.1. The van der Waals surface area contributed by atoms with E-state index in [9.17, 15) is 43.2 Å². The second-order valence-corrected chi connectivity index (χ2v) is 31.8. The molecule has 0 spiro atoms. The summed E-state index contributed by atoms with van der Waals surface area (Å²) in [5.41, 5.74) is 0. The zero-order chi connectivity index (χ0) is 71.9. The van der Waals surface area contributed by atoms with Crippen LogP contribution in [0.2, 0.25) is 0 Å². The molecule has 0 fully saturated rings. The van der Waals surface area contributed by atoms with Gasteiger partial charge in [-0.25, -0.2) is 9.13 Å². The van der Waals surface area contributed by atoms with Gasteiger partial charge in [-0.05, 0) is 31.6 Å². The van der Waals surface area contributed by atoms with Crippen molar-refractivity contribution in [2.24, 2.45) is 5.92 Å². The van der Waals surface area contributed by atoms with E-state index in [2.05, 4.69) is 34.6 Å². The minimum Gasteiger partial charge on any atom is -0.462 e. The van der Waals surface area contributed by atoms with E-state index in [4.69, 9.17) is 37.0 Å². The number of carbonyl (C=O) groups is 4. The zero-order valence-electron chi connectivity index (χ0n) is 63.9. The van der Waals surface area contributed by atoms with Crippen LogP contribution in [0.5, 0.6) is 0 Å². The summed E-state index contributed by atoms with van der Waals surface area (Å²) in [7, 11) is -9.90. The molecular weight excluding hydrogens is 1280 g/mol. The Labute approximate surface area is 600 Å². The Morgan fingerprint density at radius 2 is 0.469 bits per heavy atom. The van der Waals surface area contributed by atoms with Crippen LogP contribution in [0.4, 0.5) is 0 Å². The van der Waals surface area contributed by atoms with E-state index in [0.717, 1.165) is 109 Å². The Morgan fingerprint density at radius 3 is 0.694 bits per heavy atom. The third-order valence-corrected chi connectivity index (χ3v) is 20.4. The fourth-order valence-corrected chi connectivity index (χ4v) is 13.8. The third-order valence-electron chi connectivity index (χ3n) is 18.5.